The Bertz CT molecular complexity index is 1360. The van der Waals surface area contributed by atoms with Crippen molar-refractivity contribution in [2.75, 3.05) is 6.61 Å². The highest BCUT2D eigenvalue weighted by atomic mass is 32.1. The molecular formula is C32H41NO5PS+. The third-order valence-electron chi connectivity index (χ3n) is 6.81. The summed E-state index contributed by atoms with van der Waals surface area (Å²) in [6.45, 7) is 3.48. The van der Waals surface area contributed by atoms with Gasteiger partial charge in [-0.1, -0.05) is 112 Å². The van der Waals surface area contributed by atoms with Crippen molar-refractivity contribution < 1.29 is 27.8 Å². The van der Waals surface area contributed by atoms with E-state index in [0.717, 1.165) is 23.8 Å². The van der Waals surface area contributed by atoms with Gasteiger partial charge in [-0.25, -0.2) is 4.57 Å². The minimum absolute atomic E-state index is 0.256. The molecule has 4 aromatic rings. The third-order valence-corrected chi connectivity index (χ3v) is 8.35. The van der Waals surface area contributed by atoms with Crippen molar-refractivity contribution in [3.8, 4) is 17.2 Å². The summed E-state index contributed by atoms with van der Waals surface area (Å²) in [6, 6.07) is 18.3. The normalized spacial score (nSPS) is 12.8. The molecule has 1 heterocycles. The topological polar surface area (TPSA) is 68.9 Å². The number of phosphoric acid groups is 1. The van der Waals surface area contributed by atoms with E-state index in [4.69, 9.17) is 13.8 Å². The quantitative estimate of drug-likeness (QED) is 0.0720. The first-order valence-electron chi connectivity index (χ1n) is 14.4. The molecule has 3 aromatic carbocycles. The molecule has 0 radical (unpaired) electrons. The average molecular weight is 583 g/mol. The van der Waals surface area contributed by atoms with Crippen molar-refractivity contribution in [2.24, 2.45) is 0 Å². The number of unbranched alkanes of at least 4 members (excludes halogenated alkanes) is 9. The zero-order valence-corrected chi connectivity index (χ0v) is 25.1. The second-order valence-electron chi connectivity index (χ2n) is 10.1. The number of ether oxygens (including phenoxy) is 1. The van der Waals surface area contributed by atoms with Gasteiger partial charge in [0.05, 0.1) is 17.4 Å². The molecule has 1 atom stereocenters. The van der Waals surface area contributed by atoms with E-state index in [2.05, 4.69) is 6.92 Å². The van der Waals surface area contributed by atoms with E-state index in [1.807, 2.05) is 52.0 Å². The van der Waals surface area contributed by atoms with Crippen molar-refractivity contribution in [3.05, 3.63) is 83.3 Å². The summed E-state index contributed by atoms with van der Waals surface area (Å²) in [5.41, 5.74) is 2.96. The van der Waals surface area contributed by atoms with Crippen LogP contribution in [0.3, 0.4) is 0 Å². The van der Waals surface area contributed by atoms with Gasteiger partial charge in [0.25, 0.3) is 0 Å². The zero-order chi connectivity index (χ0) is 28.0. The number of hydrogen-bond donors (Lipinski definition) is 1. The van der Waals surface area contributed by atoms with E-state index >= 15 is 0 Å². The van der Waals surface area contributed by atoms with E-state index in [9.17, 15) is 9.46 Å². The van der Waals surface area contributed by atoms with Crippen molar-refractivity contribution in [1.29, 1.82) is 0 Å². The van der Waals surface area contributed by atoms with Gasteiger partial charge in [-0.2, -0.15) is 4.57 Å². The fraction of sp³-hybridized carbons (Fsp3) is 0.406. The molecule has 6 nitrogen and oxygen atoms in total. The highest BCUT2D eigenvalue weighted by Crippen LogP contribution is 2.47. The Kier molecular flexibility index (Phi) is 11.9. The number of aromatic nitrogens is 1. The summed E-state index contributed by atoms with van der Waals surface area (Å²) in [5.74, 6) is 1.17. The predicted molar refractivity (Wildman–Crippen MR) is 162 cm³/mol. The van der Waals surface area contributed by atoms with Crippen LogP contribution in [0.5, 0.6) is 17.2 Å². The van der Waals surface area contributed by atoms with Crippen molar-refractivity contribution >= 4 is 29.9 Å². The van der Waals surface area contributed by atoms with Gasteiger partial charge in [0.1, 0.15) is 17.2 Å². The van der Waals surface area contributed by atoms with Crippen molar-refractivity contribution in [3.63, 3.8) is 0 Å². The van der Waals surface area contributed by atoms with Crippen LogP contribution >= 0.6 is 19.2 Å². The van der Waals surface area contributed by atoms with Crippen LogP contribution in [0.1, 0.15) is 76.7 Å². The molecule has 214 valence electrons. The highest BCUT2D eigenvalue weighted by Gasteiger charge is 2.27. The molecule has 40 heavy (non-hydrogen) atoms. The molecule has 0 aliphatic heterocycles. The molecule has 0 bridgehead atoms. The van der Waals surface area contributed by atoms with E-state index in [1.54, 1.807) is 41.7 Å². The van der Waals surface area contributed by atoms with Crippen molar-refractivity contribution in [1.82, 2.24) is 0 Å². The summed E-state index contributed by atoms with van der Waals surface area (Å²) in [6.07, 6.45) is 14.6. The van der Waals surface area contributed by atoms with Crippen molar-refractivity contribution in [2.45, 2.75) is 77.7 Å². The minimum Gasteiger partial charge on any atom is -0.493 e. The Labute approximate surface area is 242 Å². The Hall–Kier alpha value is -2.86. The lowest BCUT2D eigenvalue weighted by molar-refractivity contribution is -0.683. The van der Waals surface area contributed by atoms with Crippen LogP contribution in [0.4, 0.5) is 0 Å². The largest absolute Gasteiger partial charge is 0.584 e. The lowest BCUT2D eigenvalue weighted by atomic mass is 10.1. The van der Waals surface area contributed by atoms with E-state index in [1.165, 1.54) is 51.4 Å². The number of benzene rings is 3. The Morgan fingerprint density at radius 2 is 1.50 bits per heavy atom. The Morgan fingerprint density at radius 3 is 2.20 bits per heavy atom. The maximum absolute atomic E-state index is 13.1. The first-order valence-corrected chi connectivity index (χ1v) is 16.8. The Morgan fingerprint density at radius 1 is 0.825 bits per heavy atom. The third kappa shape index (κ3) is 9.65. The first kappa shape index (κ1) is 30.1. The molecule has 0 spiro atoms. The summed E-state index contributed by atoms with van der Waals surface area (Å²) < 4.78 is 32.3. The summed E-state index contributed by atoms with van der Waals surface area (Å²) in [4.78, 5) is 10.7. The van der Waals surface area contributed by atoms with Crippen LogP contribution in [-0.2, 0) is 11.1 Å². The van der Waals surface area contributed by atoms with E-state index in [0.29, 0.717) is 24.3 Å². The second kappa shape index (κ2) is 15.8. The molecule has 1 aromatic heterocycles. The first-order chi connectivity index (χ1) is 19.5. The van der Waals surface area contributed by atoms with Gasteiger partial charge in [-0.3, -0.25) is 4.89 Å². The lowest BCUT2D eigenvalue weighted by Crippen LogP contribution is -2.30. The fourth-order valence-corrected chi connectivity index (χ4v) is 6.20. The van der Waals surface area contributed by atoms with Crippen LogP contribution in [-0.4, -0.2) is 11.5 Å². The van der Waals surface area contributed by atoms with Gasteiger partial charge >= 0.3 is 7.82 Å². The van der Waals surface area contributed by atoms with Crippen LogP contribution in [0.2, 0.25) is 0 Å². The fourth-order valence-electron chi connectivity index (χ4n) is 4.78. The average Bonchev–Trinajstić information content (AvgIpc) is 3.44. The summed E-state index contributed by atoms with van der Waals surface area (Å²) in [5, 5.41) is 3.53. The predicted octanol–water partition coefficient (Wildman–Crippen LogP) is 9.09. The smallest absolute Gasteiger partial charge is 0.493 e. The summed E-state index contributed by atoms with van der Waals surface area (Å²) >= 11 is 1.61. The monoisotopic (exact) mass is 582 g/mol. The number of phosphoric ester groups is 1. The van der Waals surface area contributed by atoms with Gasteiger partial charge < -0.3 is 13.8 Å². The SMILES string of the molecule is CCCCCCCCCCCCOc1cccc2cccc(OP(=O)(O)Oc3cccc(C[n+]4ccsc4)c3)c12. The standard InChI is InChI=1S/C32H40NO5PS/c1-2-3-4-5-6-7-8-9-10-11-22-36-30-19-13-16-28-17-14-20-31(32(28)30)38-39(34,35)37-29-18-12-15-27(24-29)25-33-21-23-40-26-33/h12-21,23-24,26H,2-11,22,25H2,1H3/p+1. The number of nitrogens with zero attached hydrogens (tertiary/aromatic N) is 1. The number of fused-ring (bicyclic) bond motifs is 1. The second-order valence-corrected chi connectivity index (χ2v) is 12.2. The maximum Gasteiger partial charge on any atom is 0.584 e. The molecule has 0 saturated carbocycles. The molecule has 0 saturated heterocycles. The molecule has 8 heteroatoms. The number of hydrogen-bond acceptors (Lipinski definition) is 5. The van der Waals surface area contributed by atoms with E-state index < -0.39 is 7.82 Å². The molecule has 0 fully saturated rings. The van der Waals surface area contributed by atoms with Gasteiger partial charge in [0, 0.05) is 5.56 Å². The molecule has 4 rings (SSSR count). The molecule has 0 amide bonds. The van der Waals surface area contributed by atoms with Gasteiger partial charge in [0.15, 0.2) is 12.7 Å². The number of rotatable bonds is 18. The highest BCUT2D eigenvalue weighted by molar-refractivity contribution is 7.48. The Balaban J connectivity index is 1.32. The molecule has 0 aliphatic carbocycles. The van der Waals surface area contributed by atoms with Crippen LogP contribution < -0.4 is 18.4 Å². The maximum atomic E-state index is 13.1. The van der Waals surface area contributed by atoms with Gasteiger partial charge in [0.2, 0.25) is 5.51 Å². The molecular weight excluding hydrogens is 541 g/mol. The van der Waals surface area contributed by atoms with Gasteiger partial charge in [-0.05, 0) is 36.1 Å². The molecule has 0 aliphatic rings. The van der Waals surface area contributed by atoms with Crippen LogP contribution in [0, 0.1) is 0 Å². The van der Waals surface area contributed by atoms with Crippen LogP contribution in [0.25, 0.3) is 10.8 Å². The lowest BCUT2D eigenvalue weighted by Gasteiger charge is -2.17. The zero-order valence-electron chi connectivity index (χ0n) is 23.4. The molecule has 1 N–H and O–H groups in total. The van der Waals surface area contributed by atoms with Gasteiger partial charge in [-0.15, -0.1) is 0 Å². The molecule has 1 unspecified atom stereocenters. The summed E-state index contributed by atoms with van der Waals surface area (Å²) in [7, 11) is -4.47. The number of thiazole rings is 1. The van der Waals surface area contributed by atoms with E-state index in [-0.39, 0.29) is 11.5 Å². The van der Waals surface area contributed by atoms with Crippen LogP contribution in [0.15, 0.2) is 77.8 Å². The minimum atomic E-state index is -4.47.